The van der Waals surface area contributed by atoms with Crippen molar-refractivity contribution in [2.24, 2.45) is 0 Å². The van der Waals surface area contributed by atoms with Gasteiger partial charge in [-0.15, -0.1) is 0 Å². The van der Waals surface area contributed by atoms with Crippen LogP contribution in [-0.2, 0) is 11.3 Å². The Labute approximate surface area is 118 Å². The van der Waals surface area contributed by atoms with Crippen molar-refractivity contribution < 1.29 is 4.79 Å². The van der Waals surface area contributed by atoms with Crippen LogP contribution in [0.25, 0.3) is 0 Å². The smallest absolute Gasteiger partial charge is 0.237 e. The Balaban J connectivity index is 1.95. The molecule has 1 atom stereocenters. The lowest BCUT2D eigenvalue weighted by Gasteiger charge is -2.35. The molecule has 1 fully saturated rings. The molecular formula is C14H16ClN3O. The van der Waals surface area contributed by atoms with Crippen molar-refractivity contribution in [3.8, 4) is 6.07 Å². The van der Waals surface area contributed by atoms with Crippen molar-refractivity contribution in [1.29, 1.82) is 5.26 Å². The summed E-state index contributed by atoms with van der Waals surface area (Å²) in [7, 11) is 0. The lowest BCUT2D eigenvalue weighted by Crippen LogP contribution is -2.52. The Kier molecular flexibility index (Phi) is 4.41. The van der Waals surface area contributed by atoms with Gasteiger partial charge < -0.3 is 4.90 Å². The number of carbonyl (C=O) groups is 1. The molecule has 0 saturated carbocycles. The van der Waals surface area contributed by atoms with E-state index in [0.717, 1.165) is 12.1 Å². The second-order valence-electron chi connectivity index (χ2n) is 4.72. The highest BCUT2D eigenvalue weighted by Crippen LogP contribution is 2.14. The molecule has 4 nitrogen and oxygen atoms in total. The predicted molar refractivity (Wildman–Crippen MR) is 73.5 cm³/mol. The molecule has 100 valence electrons. The van der Waals surface area contributed by atoms with Gasteiger partial charge in [-0.05, 0) is 24.6 Å². The van der Waals surface area contributed by atoms with E-state index < -0.39 is 0 Å². The zero-order valence-corrected chi connectivity index (χ0v) is 11.6. The zero-order chi connectivity index (χ0) is 13.8. The first kappa shape index (κ1) is 13.9. The zero-order valence-electron chi connectivity index (χ0n) is 10.8. The van der Waals surface area contributed by atoms with Crippen LogP contribution in [0.5, 0.6) is 0 Å². The first-order valence-electron chi connectivity index (χ1n) is 6.26. The van der Waals surface area contributed by atoms with Crippen molar-refractivity contribution in [1.82, 2.24) is 9.80 Å². The molecule has 2 rings (SSSR count). The minimum absolute atomic E-state index is 0.0725. The molecular weight excluding hydrogens is 262 g/mol. The van der Waals surface area contributed by atoms with Crippen molar-refractivity contribution in [3.63, 3.8) is 0 Å². The number of piperazine rings is 1. The van der Waals surface area contributed by atoms with Gasteiger partial charge in [0, 0.05) is 24.7 Å². The van der Waals surface area contributed by atoms with E-state index in [-0.39, 0.29) is 11.9 Å². The van der Waals surface area contributed by atoms with Crippen molar-refractivity contribution in [2.75, 3.05) is 19.6 Å². The normalized spacial score (nSPS) is 18.2. The molecule has 0 aromatic heterocycles. The van der Waals surface area contributed by atoms with Gasteiger partial charge in [-0.25, -0.2) is 0 Å². The highest BCUT2D eigenvalue weighted by atomic mass is 35.5. The molecule has 0 radical (unpaired) electrons. The topological polar surface area (TPSA) is 47.3 Å². The van der Waals surface area contributed by atoms with Crippen molar-refractivity contribution in [3.05, 3.63) is 34.9 Å². The summed E-state index contributed by atoms with van der Waals surface area (Å²) >= 11 is 5.84. The summed E-state index contributed by atoms with van der Waals surface area (Å²) < 4.78 is 0. The van der Waals surface area contributed by atoms with Gasteiger partial charge in [0.25, 0.3) is 0 Å². The number of rotatable bonds is 3. The number of nitriles is 1. The van der Waals surface area contributed by atoms with Crippen LogP contribution in [0.3, 0.4) is 0 Å². The number of halogens is 1. The largest absolute Gasteiger partial charge is 0.336 e. The third-order valence-electron chi connectivity index (χ3n) is 3.37. The SMILES string of the molecule is CC(C#N)N1CCN(Cc2ccc(Cl)cc2)C(=O)C1. The fourth-order valence-corrected chi connectivity index (χ4v) is 2.24. The van der Waals surface area contributed by atoms with E-state index in [2.05, 4.69) is 6.07 Å². The van der Waals surface area contributed by atoms with E-state index in [1.54, 1.807) is 0 Å². The van der Waals surface area contributed by atoms with E-state index in [9.17, 15) is 4.79 Å². The average molecular weight is 278 g/mol. The van der Waals surface area contributed by atoms with Crippen LogP contribution in [0.4, 0.5) is 0 Å². The predicted octanol–water partition coefficient (Wildman–Crippen LogP) is 1.90. The molecule has 19 heavy (non-hydrogen) atoms. The first-order chi connectivity index (χ1) is 9.10. The lowest BCUT2D eigenvalue weighted by molar-refractivity contribution is -0.137. The molecule has 0 bridgehead atoms. The van der Waals surface area contributed by atoms with Crippen molar-refractivity contribution in [2.45, 2.75) is 19.5 Å². The van der Waals surface area contributed by atoms with Crippen LogP contribution in [0, 0.1) is 11.3 Å². The molecule has 0 aliphatic carbocycles. The molecule has 1 aromatic carbocycles. The number of nitrogens with zero attached hydrogens (tertiary/aromatic N) is 3. The minimum Gasteiger partial charge on any atom is -0.336 e. The highest BCUT2D eigenvalue weighted by Gasteiger charge is 2.26. The summed E-state index contributed by atoms with van der Waals surface area (Å²) in [4.78, 5) is 15.8. The first-order valence-corrected chi connectivity index (χ1v) is 6.64. The molecule has 1 aromatic rings. The van der Waals surface area contributed by atoms with E-state index in [1.807, 2.05) is 41.0 Å². The standard InChI is InChI=1S/C14H16ClN3O/c1-11(8-16)17-6-7-18(14(19)10-17)9-12-2-4-13(15)5-3-12/h2-5,11H,6-7,9-10H2,1H3. The van der Waals surface area contributed by atoms with Gasteiger partial charge in [0.15, 0.2) is 0 Å². The third-order valence-corrected chi connectivity index (χ3v) is 3.62. The summed E-state index contributed by atoms with van der Waals surface area (Å²) in [5.74, 6) is 0.0725. The van der Waals surface area contributed by atoms with E-state index in [1.165, 1.54) is 0 Å². The highest BCUT2D eigenvalue weighted by molar-refractivity contribution is 6.30. The van der Waals surface area contributed by atoms with Gasteiger partial charge in [-0.1, -0.05) is 23.7 Å². The second kappa shape index (κ2) is 6.05. The van der Waals surface area contributed by atoms with Crippen LogP contribution in [0.15, 0.2) is 24.3 Å². The second-order valence-corrected chi connectivity index (χ2v) is 5.15. The summed E-state index contributed by atoms with van der Waals surface area (Å²) in [6.45, 7) is 4.15. The average Bonchev–Trinajstić information content (AvgIpc) is 2.42. The fraction of sp³-hybridized carbons (Fsp3) is 0.429. The van der Waals surface area contributed by atoms with E-state index in [4.69, 9.17) is 16.9 Å². The Morgan fingerprint density at radius 2 is 2.05 bits per heavy atom. The number of benzene rings is 1. The quantitative estimate of drug-likeness (QED) is 0.848. The van der Waals surface area contributed by atoms with Crippen molar-refractivity contribution >= 4 is 17.5 Å². The van der Waals surface area contributed by atoms with Gasteiger partial charge in [-0.2, -0.15) is 5.26 Å². The number of carbonyl (C=O) groups excluding carboxylic acids is 1. The molecule has 1 heterocycles. The number of hydrogen-bond donors (Lipinski definition) is 0. The monoisotopic (exact) mass is 277 g/mol. The number of amides is 1. The molecule has 0 spiro atoms. The molecule has 1 saturated heterocycles. The Bertz CT molecular complexity index is 494. The number of hydrogen-bond acceptors (Lipinski definition) is 3. The maximum Gasteiger partial charge on any atom is 0.237 e. The Morgan fingerprint density at radius 3 is 2.63 bits per heavy atom. The lowest BCUT2D eigenvalue weighted by atomic mass is 10.2. The van der Waals surface area contributed by atoms with E-state index >= 15 is 0 Å². The summed E-state index contributed by atoms with van der Waals surface area (Å²) in [6.07, 6.45) is 0. The van der Waals surface area contributed by atoms with Gasteiger partial charge in [0.05, 0.1) is 18.7 Å². The molecule has 0 N–H and O–H groups in total. The third kappa shape index (κ3) is 3.46. The molecule has 5 heteroatoms. The molecule has 1 unspecified atom stereocenters. The van der Waals surface area contributed by atoms with Crippen LogP contribution in [0.2, 0.25) is 5.02 Å². The molecule has 1 amide bonds. The summed E-state index contributed by atoms with van der Waals surface area (Å²) in [5.41, 5.74) is 1.07. The maximum absolute atomic E-state index is 12.0. The molecule has 1 aliphatic heterocycles. The minimum atomic E-state index is -0.207. The van der Waals surface area contributed by atoms with Gasteiger partial charge in [0.1, 0.15) is 0 Å². The van der Waals surface area contributed by atoms with Gasteiger partial charge >= 0.3 is 0 Å². The van der Waals surface area contributed by atoms with E-state index in [0.29, 0.717) is 24.7 Å². The Morgan fingerprint density at radius 1 is 1.37 bits per heavy atom. The van der Waals surface area contributed by atoms with Crippen LogP contribution >= 0.6 is 11.6 Å². The van der Waals surface area contributed by atoms with Crippen LogP contribution < -0.4 is 0 Å². The van der Waals surface area contributed by atoms with Gasteiger partial charge in [-0.3, -0.25) is 9.69 Å². The maximum atomic E-state index is 12.0. The van der Waals surface area contributed by atoms with Crippen LogP contribution in [0.1, 0.15) is 12.5 Å². The Hall–Kier alpha value is -1.57. The summed E-state index contributed by atoms with van der Waals surface area (Å²) in [6, 6.07) is 9.48. The summed E-state index contributed by atoms with van der Waals surface area (Å²) in [5, 5.41) is 9.57. The van der Waals surface area contributed by atoms with Crippen LogP contribution in [-0.4, -0.2) is 41.4 Å². The fourth-order valence-electron chi connectivity index (χ4n) is 2.12. The molecule has 1 aliphatic rings. The van der Waals surface area contributed by atoms with Gasteiger partial charge in [0.2, 0.25) is 5.91 Å².